The average molecular weight is 369 g/mol. The van der Waals surface area contributed by atoms with Gasteiger partial charge in [-0.05, 0) is 48.4 Å². The number of carbonyl (C=O) groups is 1. The summed E-state index contributed by atoms with van der Waals surface area (Å²) in [5.74, 6) is -0.865. The molecule has 2 aromatic carbocycles. The molecule has 0 saturated carbocycles. The Hall–Kier alpha value is -1.52. The Kier molecular flexibility index (Phi) is 5.26. The summed E-state index contributed by atoms with van der Waals surface area (Å²) < 4.78 is 1.02. The molecule has 110 valence electrons. The molecule has 3 nitrogen and oxygen atoms in total. The highest BCUT2D eigenvalue weighted by atomic mass is 79.9. The van der Waals surface area contributed by atoms with Crippen LogP contribution in [0.3, 0.4) is 0 Å². The molecular weight excluding hydrogens is 354 g/mol. The number of benzene rings is 2. The maximum absolute atomic E-state index is 11.1. The van der Waals surface area contributed by atoms with Crippen LogP contribution in [0.5, 0.6) is 0 Å². The van der Waals surface area contributed by atoms with E-state index in [1.165, 1.54) is 0 Å². The minimum absolute atomic E-state index is 0.0624. The first-order valence-corrected chi connectivity index (χ1v) is 7.60. The van der Waals surface area contributed by atoms with Crippen molar-refractivity contribution in [2.45, 2.75) is 13.5 Å². The van der Waals surface area contributed by atoms with Crippen LogP contribution >= 0.6 is 27.5 Å². The minimum atomic E-state index is -0.865. The zero-order chi connectivity index (χ0) is 15.4. The molecule has 0 aliphatic rings. The fourth-order valence-corrected chi connectivity index (χ4v) is 2.56. The van der Waals surface area contributed by atoms with Crippen LogP contribution in [0.15, 0.2) is 46.9 Å². The summed E-state index contributed by atoms with van der Waals surface area (Å²) in [6.45, 7) is 2.47. The Balaban J connectivity index is 2.25. The van der Waals surface area contributed by atoms with E-state index in [9.17, 15) is 4.79 Å². The maximum Gasteiger partial charge on any atom is 0.323 e. The predicted molar refractivity (Wildman–Crippen MR) is 89.0 cm³/mol. The van der Waals surface area contributed by atoms with Crippen molar-refractivity contribution in [3.8, 4) is 0 Å². The molecule has 0 radical (unpaired) electrons. The van der Waals surface area contributed by atoms with E-state index in [2.05, 4.69) is 15.9 Å². The molecule has 0 atom stereocenters. The molecule has 2 rings (SSSR count). The largest absolute Gasteiger partial charge is 0.480 e. The summed E-state index contributed by atoms with van der Waals surface area (Å²) in [4.78, 5) is 12.9. The zero-order valence-corrected chi connectivity index (χ0v) is 13.9. The molecule has 1 N–H and O–H groups in total. The van der Waals surface area contributed by atoms with Gasteiger partial charge in [-0.2, -0.15) is 0 Å². The van der Waals surface area contributed by atoms with E-state index in [1.54, 1.807) is 17.0 Å². The molecule has 0 heterocycles. The Morgan fingerprint density at radius 2 is 1.90 bits per heavy atom. The van der Waals surface area contributed by atoms with Gasteiger partial charge in [0.05, 0.1) is 0 Å². The summed E-state index contributed by atoms with van der Waals surface area (Å²) in [5.41, 5.74) is 3.03. The van der Waals surface area contributed by atoms with Crippen molar-refractivity contribution in [1.29, 1.82) is 0 Å². The monoisotopic (exact) mass is 367 g/mol. The van der Waals surface area contributed by atoms with Gasteiger partial charge in [-0.15, -0.1) is 0 Å². The van der Waals surface area contributed by atoms with Gasteiger partial charge in [0.2, 0.25) is 0 Å². The van der Waals surface area contributed by atoms with Crippen LogP contribution < -0.4 is 4.90 Å². The van der Waals surface area contributed by atoms with Crippen molar-refractivity contribution >= 4 is 39.2 Å². The lowest BCUT2D eigenvalue weighted by atomic mass is 10.1. The minimum Gasteiger partial charge on any atom is -0.480 e. The molecule has 0 unspecified atom stereocenters. The zero-order valence-electron chi connectivity index (χ0n) is 11.5. The Morgan fingerprint density at radius 1 is 1.24 bits per heavy atom. The first kappa shape index (κ1) is 15.9. The van der Waals surface area contributed by atoms with Crippen LogP contribution in [0.25, 0.3) is 0 Å². The number of aliphatic carboxylic acids is 1. The highest BCUT2D eigenvalue weighted by Gasteiger charge is 2.12. The molecule has 0 saturated heterocycles. The fourth-order valence-electron chi connectivity index (χ4n) is 2.01. The van der Waals surface area contributed by atoms with Crippen LogP contribution in [0.2, 0.25) is 5.02 Å². The van der Waals surface area contributed by atoms with Crippen LogP contribution in [-0.4, -0.2) is 17.6 Å². The highest BCUT2D eigenvalue weighted by molar-refractivity contribution is 9.10. The Labute approximate surface area is 137 Å². The standard InChI is InChI=1S/C16H15BrClNO2/c1-11-2-3-12(8-15(11)17)9-19(10-16(20)21)14-6-4-13(18)5-7-14/h2-8H,9-10H2,1H3,(H,20,21). The number of anilines is 1. The molecule has 0 aliphatic heterocycles. The number of carboxylic acids is 1. The van der Waals surface area contributed by atoms with Gasteiger partial charge in [0.1, 0.15) is 6.54 Å². The van der Waals surface area contributed by atoms with Crippen LogP contribution in [0.1, 0.15) is 11.1 Å². The van der Waals surface area contributed by atoms with E-state index in [0.717, 1.165) is 21.3 Å². The van der Waals surface area contributed by atoms with Crippen molar-refractivity contribution in [1.82, 2.24) is 0 Å². The van der Waals surface area contributed by atoms with E-state index < -0.39 is 5.97 Å². The summed E-state index contributed by atoms with van der Waals surface area (Å²) in [6.07, 6.45) is 0. The molecule has 0 aliphatic carbocycles. The second-order valence-corrected chi connectivity index (χ2v) is 6.10. The summed E-state index contributed by atoms with van der Waals surface area (Å²) in [7, 11) is 0. The van der Waals surface area contributed by atoms with Gasteiger partial charge in [0.15, 0.2) is 0 Å². The van der Waals surface area contributed by atoms with Gasteiger partial charge in [0, 0.05) is 21.7 Å². The summed E-state index contributed by atoms with van der Waals surface area (Å²) in [6, 6.07) is 13.2. The van der Waals surface area contributed by atoms with Gasteiger partial charge in [0.25, 0.3) is 0 Å². The quantitative estimate of drug-likeness (QED) is 0.844. The van der Waals surface area contributed by atoms with Crippen LogP contribution in [0, 0.1) is 6.92 Å². The van der Waals surface area contributed by atoms with Crippen molar-refractivity contribution in [2.75, 3.05) is 11.4 Å². The van der Waals surface area contributed by atoms with Crippen LogP contribution in [-0.2, 0) is 11.3 Å². The molecule has 5 heteroatoms. The number of carboxylic acid groups (broad SMARTS) is 1. The van der Waals surface area contributed by atoms with E-state index in [0.29, 0.717) is 11.6 Å². The SMILES string of the molecule is Cc1ccc(CN(CC(=O)O)c2ccc(Cl)cc2)cc1Br. The van der Waals surface area contributed by atoms with E-state index in [4.69, 9.17) is 16.7 Å². The number of rotatable bonds is 5. The lowest BCUT2D eigenvalue weighted by Crippen LogP contribution is -2.29. The number of aryl methyl sites for hydroxylation is 1. The smallest absolute Gasteiger partial charge is 0.323 e. The molecule has 0 bridgehead atoms. The molecule has 0 fully saturated rings. The predicted octanol–water partition coefficient (Wildman–Crippen LogP) is 4.50. The van der Waals surface area contributed by atoms with Crippen molar-refractivity contribution in [3.63, 3.8) is 0 Å². The third-order valence-corrected chi connectivity index (χ3v) is 4.23. The second kappa shape index (κ2) is 6.96. The molecule has 2 aromatic rings. The van der Waals surface area contributed by atoms with Gasteiger partial charge in [-0.25, -0.2) is 0 Å². The van der Waals surface area contributed by atoms with Gasteiger partial charge >= 0.3 is 5.97 Å². The molecule has 21 heavy (non-hydrogen) atoms. The van der Waals surface area contributed by atoms with Gasteiger partial charge in [-0.3, -0.25) is 4.79 Å². The first-order valence-electron chi connectivity index (χ1n) is 6.43. The lowest BCUT2D eigenvalue weighted by Gasteiger charge is -2.23. The van der Waals surface area contributed by atoms with E-state index in [-0.39, 0.29) is 6.54 Å². The van der Waals surface area contributed by atoms with Crippen molar-refractivity contribution in [2.24, 2.45) is 0 Å². The number of hydrogen-bond acceptors (Lipinski definition) is 2. The van der Waals surface area contributed by atoms with Gasteiger partial charge in [-0.1, -0.05) is 39.7 Å². The number of nitrogens with zero attached hydrogens (tertiary/aromatic N) is 1. The third-order valence-electron chi connectivity index (χ3n) is 3.13. The topological polar surface area (TPSA) is 40.5 Å². The lowest BCUT2D eigenvalue weighted by molar-refractivity contribution is -0.135. The summed E-state index contributed by atoms with van der Waals surface area (Å²) >= 11 is 9.38. The first-order chi connectivity index (χ1) is 9.95. The molecular formula is C16H15BrClNO2. The third kappa shape index (κ3) is 4.48. The van der Waals surface area contributed by atoms with E-state index >= 15 is 0 Å². The normalized spacial score (nSPS) is 10.4. The highest BCUT2D eigenvalue weighted by Crippen LogP contribution is 2.22. The van der Waals surface area contributed by atoms with E-state index in [1.807, 2.05) is 37.3 Å². The average Bonchev–Trinajstić information content (AvgIpc) is 2.42. The fraction of sp³-hybridized carbons (Fsp3) is 0.188. The number of halogens is 2. The maximum atomic E-state index is 11.1. The Morgan fingerprint density at radius 3 is 2.48 bits per heavy atom. The summed E-state index contributed by atoms with van der Waals surface area (Å²) in [5, 5.41) is 9.73. The number of hydrogen-bond donors (Lipinski definition) is 1. The second-order valence-electron chi connectivity index (χ2n) is 4.81. The molecule has 0 amide bonds. The van der Waals surface area contributed by atoms with Crippen LogP contribution in [0.4, 0.5) is 5.69 Å². The van der Waals surface area contributed by atoms with Crippen molar-refractivity contribution < 1.29 is 9.90 Å². The van der Waals surface area contributed by atoms with Gasteiger partial charge < -0.3 is 10.0 Å². The van der Waals surface area contributed by atoms with Crippen molar-refractivity contribution in [3.05, 3.63) is 63.1 Å². The molecule has 0 aromatic heterocycles. The Bertz CT molecular complexity index is 643. The molecule has 0 spiro atoms.